The average Bonchev–Trinajstić information content (AvgIpc) is 2.56. The molecule has 0 heterocycles. The molecule has 0 fully saturated rings. The Kier molecular flexibility index (Phi) is 5.47. The van der Waals surface area contributed by atoms with Gasteiger partial charge in [-0.1, -0.05) is 6.07 Å². The molecule has 1 unspecified atom stereocenters. The number of halogens is 2. The summed E-state index contributed by atoms with van der Waals surface area (Å²) in [5.41, 5.74) is 0.909. The highest BCUT2D eigenvalue weighted by atomic mass is 19.1. The van der Waals surface area contributed by atoms with Crippen LogP contribution in [0.4, 0.5) is 20.2 Å². The van der Waals surface area contributed by atoms with Crippen molar-refractivity contribution in [2.24, 2.45) is 0 Å². The van der Waals surface area contributed by atoms with Crippen LogP contribution in [0.3, 0.4) is 0 Å². The van der Waals surface area contributed by atoms with E-state index in [-0.39, 0.29) is 11.6 Å². The predicted molar refractivity (Wildman–Crippen MR) is 87.9 cm³/mol. The van der Waals surface area contributed by atoms with E-state index >= 15 is 0 Å². The lowest BCUT2D eigenvalue weighted by molar-refractivity contribution is -0.116. The fourth-order valence-electron chi connectivity index (χ4n) is 2.04. The van der Waals surface area contributed by atoms with Crippen molar-refractivity contribution in [3.63, 3.8) is 0 Å². The summed E-state index contributed by atoms with van der Waals surface area (Å²) in [7, 11) is 1.52. The van der Waals surface area contributed by atoms with E-state index < -0.39 is 23.6 Å². The van der Waals surface area contributed by atoms with Crippen molar-refractivity contribution in [1.29, 1.82) is 0 Å². The van der Waals surface area contributed by atoms with Gasteiger partial charge in [0.2, 0.25) is 5.91 Å². The zero-order valence-corrected chi connectivity index (χ0v) is 13.2. The molecular formula is C17H17F2N3O2. The van der Waals surface area contributed by atoms with Crippen LogP contribution in [-0.4, -0.2) is 24.9 Å². The second-order valence-corrected chi connectivity index (χ2v) is 5.14. The lowest BCUT2D eigenvalue weighted by atomic mass is 10.1. The molecule has 0 aliphatic heterocycles. The summed E-state index contributed by atoms with van der Waals surface area (Å²) in [4.78, 5) is 23.7. The van der Waals surface area contributed by atoms with Crippen molar-refractivity contribution in [3.05, 3.63) is 59.7 Å². The van der Waals surface area contributed by atoms with Gasteiger partial charge in [-0.25, -0.2) is 8.78 Å². The van der Waals surface area contributed by atoms with Gasteiger partial charge in [-0.15, -0.1) is 0 Å². The number of rotatable bonds is 5. The molecule has 0 aromatic heterocycles. The first kappa shape index (κ1) is 17.4. The van der Waals surface area contributed by atoms with Gasteiger partial charge in [-0.05, 0) is 37.3 Å². The highest BCUT2D eigenvalue weighted by Gasteiger charge is 2.15. The molecule has 2 rings (SSSR count). The molecule has 2 aromatic rings. The highest BCUT2D eigenvalue weighted by molar-refractivity contribution is 5.97. The first-order valence-corrected chi connectivity index (χ1v) is 7.25. The van der Waals surface area contributed by atoms with Crippen molar-refractivity contribution in [2.75, 3.05) is 17.7 Å². The van der Waals surface area contributed by atoms with E-state index in [1.165, 1.54) is 7.05 Å². The zero-order chi connectivity index (χ0) is 17.7. The summed E-state index contributed by atoms with van der Waals surface area (Å²) in [6.07, 6.45) is 0. The second kappa shape index (κ2) is 7.54. The van der Waals surface area contributed by atoms with Gasteiger partial charge < -0.3 is 16.0 Å². The van der Waals surface area contributed by atoms with Gasteiger partial charge in [-0.3, -0.25) is 9.59 Å². The monoisotopic (exact) mass is 333 g/mol. The fourth-order valence-corrected chi connectivity index (χ4v) is 2.04. The molecule has 0 aliphatic rings. The van der Waals surface area contributed by atoms with Gasteiger partial charge in [0.25, 0.3) is 5.91 Å². The van der Waals surface area contributed by atoms with Crippen LogP contribution in [0.25, 0.3) is 0 Å². The minimum Gasteiger partial charge on any atom is -0.374 e. The van der Waals surface area contributed by atoms with Crippen LogP contribution in [0.2, 0.25) is 0 Å². The lowest BCUT2D eigenvalue weighted by Gasteiger charge is -2.16. The molecule has 0 saturated carbocycles. The van der Waals surface area contributed by atoms with Crippen LogP contribution >= 0.6 is 0 Å². The van der Waals surface area contributed by atoms with E-state index in [9.17, 15) is 18.4 Å². The zero-order valence-electron chi connectivity index (χ0n) is 13.2. The fraction of sp³-hybridized carbons (Fsp3) is 0.176. The minimum absolute atomic E-state index is 0.103. The molecule has 0 radical (unpaired) electrons. The van der Waals surface area contributed by atoms with Crippen molar-refractivity contribution in [1.82, 2.24) is 5.32 Å². The van der Waals surface area contributed by atoms with Gasteiger partial charge in [-0.2, -0.15) is 0 Å². The van der Waals surface area contributed by atoms with Crippen molar-refractivity contribution in [2.45, 2.75) is 13.0 Å². The molecule has 126 valence electrons. The highest BCUT2D eigenvalue weighted by Crippen LogP contribution is 2.16. The maximum atomic E-state index is 13.6. The molecule has 2 amide bonds. The number of hydrogen-bond donors (Lipinski definition) is 3. The number of benzene rings is 2. The number of hydrogen-bond acceptors (Lipinski definition) is 3. The van der Waals surface area contributed by atoms with E-state index in [1.807, 2.05) is 0 Å². The third kappa shape index (κ3) is 4.28. The minimum atomic E-state index is -0.850. The van der Waals surface area contributed by atoms with Crippen LogP contribution in [-0.2, 0) is 4.79 Å². The Labute approximate surface area is 138 Å². The molecule has 3 N–H and O–H groups in total. The molecule has 0 saturated heterocycles. The maximum absolute atomic E-state index is 13.6. The van der Waals surface area contributed by atoms with Crippen LogP contribution in [0.5, 0.6) is 0 Å². The largest absolute Gasteiger partial charge is 0.374 e. The Morgan fingerprint density at radius 2 is 1.83 bits per heavy atom. The predicted octanol–water partition coefficient (Wildman–Crippen LogP) is 2.76. The molecule has 0 spiro atoms. The summed E-state index contributed by atoms with van der Waals surface area (Å²) in [5.74, 6) is -2.31. The van der Waals surface area contributed by atoms with Gasteiger partial charge in [0.1, 0.15) is 17.7 Å². The van der Waals surface area contributed by atoms with E-state index in [1.54, 1.807) is 31.2 Å². The molecule has 5 nitrogen and oxygen atoms in total. The second-order valence-electron chi connectivity index (χ2n) is 5.14. The van der Waals surface area contributed by atoms with E-state index in [4.69, 9.17) is 0 Å². The van der Waals surface area contributed by atoms with Gasteiger partial charge in [0, 0.05) is 24.4 Å². The van der Waals surface area contributed by atoms with Gasteiger partial charge in [0.05, 0.1) is 5.69 Å². The SMILES string of the molecule is CNC(=O)c1cccc(NC(C)C(=O)Nc2ccc(F)cc2F)c1. The molecule has 0 bridgehead atoms. The van der Waals surface area contributed by atoms with E-state index in [2.05, 4.69) is 16.0 Å². The Morgan fingerprint density at radius 3 is 2.50 bits per heavy atom. The first-order valence-electron chi connectivity index (χ1n) is 7.25. The Bertz CT molecular complexity index is 765. The van der Waals surface area contributed by atoms with Crippen LogP contribution in [0.1, 0.15) is 17.3 Å². The third-order valence-corrected chi connectivity index (χ3v) is 3.32. The third-order valence-electron chi connectivity index (χ3n) is 3.32. The van der Waals surface area contributed by atoms with E-state index in [0.717, 1.165) is 12.1 Å². The Hall–Kier alpha value is -2.96. The first-order chi connectivity index (χ1) is 11.4. The Morgan fingerprint density at radius 1 is 1.08 bits per heavy atom. The van der Waals surface area contributed by atoms with Gasteiger partial charge in [0.15, 0.2) is 0 Å². The van der Waals surface area contributed by atoms with Crippen LogP contribution in [0, 0.1) is 11.6 Å². The summed E-state index contributed by atoms with van der Waals surface area (Å²) in [5, 5.41) is 7.82. The van der Waals surface area contributed by atoms with Crippen LogP contribution in [0.15, 0.2) is 42.5 Å². The maximum Gasteiger partial charge on any atom is 0.251 e. The summed E-state index contributed by atoms with van der Waals surface area (Å²) in [6.45, 7) is 1.59. The van der Waals surface area contributed by atoms with Crippen molar-refractivity contribution >= 4 is 23.2 Å². The summed E-state index contributed by atoms with van der Waals surface area (Å²) < 4.78 is 26.4. The Balaban J connectivity index is 2.05. The topological polar surface area (TPSA) is 70.2 Å². The number of carbonyl (C=O) groups excluding carboxylic acids is 2. The molecule has 1 atom stereocenters. The smallest absolute Gasteiger partial charge is 0.251 e. The molecule has 7 heteroatoms. The van der Waals surface area contributed by atoms with Gasteiger partial charge >= 0.3 is 0 Å². The van der Waals surface area contributed by atoms with Crippen molar-refractivity contribution < 1.29 is 18.4 Å². The standard InChI is InChI=1S/C17H17F2N3O2/c1-10(16(23)22-15-7-6-12(18)9-14(15)19)21-13-5-3-4-11(8-13)17(24)20-2/h3-10,21H,1-2H3,(H,20,24)(H,22,23). The number of anilines is 2. The molecule has 0 aliphatic carbocycles. The molecule has 2 aromatic carbocycles. The quantitative estimate of drug-likeness (QED) is 0.788. The normalized spacial score (nSPS) is 11.5. The number of nitrogens with one attached hydrogen (secondary N) is 3. The molecule has 24 heavy (non-hydrogen) atoms. The van der Waals surface area contributed by atoms with Crippen molar-refractivity contribution in [3.8, 4) is 0 Å². The number of carbonyl (C=O) groups is 2. The molecular weight excluding hydrogens is 316 g/mol. The lowest BCUT2D eigenvalue weighted by Crippen LogP contribution is -2.32. The summed E-state index contributed by atoms with van der Waals surface area (Å²) >= 11 is 0. The summed E-state index contributed by atoms with van der Waals surface area (Å²) in [6, 6.07) is 8.83. The van der Waals surface area contributed by atoms with Crippen LogP contribution < -0.4 is 16.0 Å². The number of amides is 2. The average molecular weight is 333 g/mol. The van der Waals surface area contributed by atoms with E-state index in [0.29, 0.717) is 17.3 Å².